The van der Waals surface area contributed by atoms with Crippen LogP contribution in [0.25, 0.3) is 0 Å². The van der Waals surface area contributed by atoms with Gasteiger partial charge in [0.05, 0.1) is 13.7 Å². The third-order valence-corrected chi connectivity index (χ3v) is 3.44. The molecule has 2 unspecified atom stereocenters. The maximum atomic E-state index is 13.7. The van der Waals surface area contributed by atoms with Crippen LogP contribution in [0.3, 0.4) is 0 Å². The molecule has 0 aliphatic heterocycles. The van der Waals surface area contributed by atoms with Crippen molar-refractivity contribution in [3.63, 3.8) is 0 Å². The van der Waals surface area contributed by atoms with Crippen LogP contribution < -0.4 is 4.74 Å². The first kappa shape index (κ1) is 17.7. The Balaban J connectivity index is 3.17. The highest BCUT2D eigenvalue weighted by molar-refractivity contribution is 5.39. The smallest absolute Gasteiger partial charge is 0.493 e. The van der Waals surface area contributed by atoms with E-state index in [0.29, 0.717) is 6.42 Å². The average molecular weight is 312 g/mol. The number of benzene rings is 1. The maximum Gasteiger partial charge on any atom is 0.522 e. The van der Waals surface area contributed by atoms with Crippen LogP contribution in [0.1, 0.15) is 31.7 Å². The van der Waals surface area contributed by atoms with E-state index < -0.39 is 30.5 Å². The Morgan fingerprint density at radius 2 is 1.81 bits per heavy atom. The number of alkyl halides is 3. The highest BCUT2D eigenvalue weighted by atomic mass is 19.4. The Morgan fingerprint density at radius 3 is 2.29 bits per heavy atom. The van der Waals surface area contributed by atoms with E-state index in [1.54, 1.807) is 13.8 Å². The Hall–Kier alpha value is -1.37. The van der Waals surface area contributed by atoms with Crippen LogP contribution in [0.15, 0.2) is 12.1 Å². The van der Waals surface area contributed by atoms with Gasteiger partial charge in [0.1, 0.15) is 0 Å². The van der Waals surface area contributed by atoms with Crippen LogP contribution in [0.2, 0.25) is 0 Å². The van der Waals surface area contributed by atoms with Crippen LogP contribution in [0.4, 0.5) is 22.0 Å². The zero-order valence-corrected chi connectivity index (χ0v) is 11.9. The first-order chi connectivity index (χ1) is 9.71. The summed E-state index contributed by atoms with van der Waals surface area (Å²) in [5, 5.41) is 0. The normalized spacial score (nSPS) is 14.9. The molecule has 1 aromatic rings. The van der Waals surface area contributed by atoms with E-state index in [1.165, 1.54) is 6.07 Å². The van der Waals surface area contributed by atoms with Gasteiger partial charge in [0.25, 0.3) is 0 Å². The van der Waals surface area contributed by atoms with Crippen molar-refractivity contribution < 1.29 is 31.4 Å². The van der Waals surface area contributed by atoms with Crippen LogP contribution in [-0.4, -0.2) is 20.1 Å². The zero-order valence-electron chi connectivity index (χ0n) is 11.9. The molecule has 0 bridgehead atoms. The third kappa shape index (κ3) is 4.56. The van der Waals surface area contributed by atoms with Gasteiger partial charge in [-0.25, -0.2) is 4.39 Å². The molecule has 0 aliphatic carbocycles. The van der Waals surface area contributed by atoms with Gasteiger partial charge in [0.15, 0.2) is 11.6 Å². The zero-order chi connectivity index (χ0) is 16.2. The Labute approximate surface area is 119 Å². The van der Waals surface area contributed by atoms with E-state index in [9.17, 15) is 22.0 Å². The van der Waals surface area contributed by atoms with Crippen molar-refractivity contribution >= 4 is 0 Å². The van der Waals surface area contributed by atoms with Gasteiger partial charge in [-0.2, -0.15) is 4.39 Å². The summed E-state index contributed by atoms with van der Waals surface area (Å²) in [4.78, 5) is 0. The first-order valence-corrected chi connectivity index (χ1v) is 6.43. The fourth-order valence-electron chi connectivity index (χ4n) is 2.08. The summed E-state index contributed by atoms with van der Waals surface area (Å²) >= 11 is 0. The van der Waals surface area contributed by atoms with Crippen molar-refractivity contribution in [2.45, 2.75) is 32.5 Å². The average Bonchev–Trinajstić information content (AvgIpc) is 2.41. The number of ether oxygens (including phenoxy) is 2. The van der Waals surface area contributed by atoms with Crippen molar-refractivity contribution in [2.75, 3.05) is 13.7 Å². The lowest BCUT2D eigenvalue weighted by atomic mass is 9.85. The van der Waals surface area contributed by atoms with Crippen molar-refractivity contribution in [3.8, 4) is 5.75 Å². The number of halogens is 5. The number of hydrogen-bond acceptors (Lipinski definition) is 2. The van der Waals surface area contributed by atoms with Gasteiger partial charge < -0.3 is 4.74 Å². The topological polar surface area (TPSA) is 18.5 Å². The van der Waals surface area contributed by atoms with Gasteiger partial charge in [0.2, 0.25) is 5.82 Å². The SMILES string of the molecule is CCC(C)C(COC(F)(F)F)c1ccc(F)c(F)c1OC. The number of rotatable bonds is 6. The molecule has 2 atom stereocenters. The van der Waals surface area contributed by atoms with Crippen molar-refractivity contribution in [2.24, 2.45) is 5.92 Å². The summed E-state index contributed by atoms with van der Waals surface area (Å²) in [6.45, 7) is 2.82. The summed E-state index contributed by atoms with van der Waals surface area (Å²) < 4.78 is 72.3. The second-order valence-electron chi connectivity index (χ2n) is 4.73. The molecule has 0 saturated heterocycles. The number of hydrogen-bond donors (Lipinski definition) is 0. The fourth-order valence-corrected chi connectivity index (χ4v) is 2.08. The molecule has 0 saturated carbocycles. The van der Waals surface area contributed by atoms with E-state index in [4.69, 9.17) is 4.74 Å². The largest absolute Gasteiger partial charge is 0.522 e. The molecule has 120 valence electrons. The van der Waals surface area contributed by atoms with Crippen LogP contribution in [-0.2, 0) is 4.74 Å². The molecule has 2 nitrogen and oxygen atoms in total. The van der Waals surface area contributed by atoms with Crippen molar-refractivity contribution in [1.29, 1.82) is 0 Å². The molecule has 1 aromatic carbocycles. The Bertz CT molecular complexity index is 473. The van der Waals surface area contributed by atoms with Crippen LogP contribution in [0, 0.1) is 17.6 Å². The molecule has 7 heteroatoms. The van der Waals surface area contributed by atoms with Crippen molar-refractivity contribution in [3.05, 3.63) is 29.3 Å². The molecule has 0 fully saturated rings. The third-order valence-electron chi connectivity index (χ3n) is 3.44. The van der Waals surface area contributed by atoms with Gasteiger partial charge in [-0.05, 0) is 12.0 Å². The van der Waals surface area contributed by atoms with E-state index >= 15 is 0 Å². The second-order valence-corrected chi connectivity index (χ2v) is 4.73. The van der Waals surface area contributed by atoms with E-state index in [-0.39, 0.29) is 17.2 Å². The van der Waals surface area contributed by atoms with Gasteiger partial charge >= 0.3 is 6.36 Å². The summed E-state index contributed by atoms with van der Waals surface area (Å²) in [5.41, 5.74) is 0.162. The predicted molar refractivity (Wildman–Crippen MR) is 67.1 cm³/mol. The minimum atomic E-state index is -4.78. The molecule has 0 heterocycles. The second kappa shape index (κ2) is 7.06. The molecular weight excluding hydrogens is 295 g/mol. The molecule has 0 radical (unpaired) electrons. The Kier molecular flexibility index (Phi) is 5.95. The minimum absolute atomic E-state index is 0.162. The van der Waals surface area contributed by atoms with Gasteiger partial charge in [-0.3, -0.25) is 4.74 Å². The molecule has 1 rings (SSSR count). The lowest BCUT2D eigenvalue weighted by molar-refractivity contribution is -0.326. The summed E-state index contributed by atoms with van der Waals surface area (Å²) in [6, 6.07) is 2.10. The van der Waals surface area contributed by atoms with Gasteiger partial charge in [-0.1, -0.05) is 26.3 Å². The monoisotopic (exact) mass is 312 g/mol. The standard InChI is InChI=1S/C14H17F5O2/c1-4-8(2)10(7-21-14(17,18)19)9-5-6-11(15)12(16)13(9)20-3/h5-6,8,10H,4,7H2,1-3H3. The quantitative estimate of drug-likeness (QED) is 0.713. The van der Waals surface area contributed by atoms with Crippen LogP contribution in [0.5, 0.6) is 5.75 Å². The highest BCUT2D eigenvalue weighted by Gasteiger charge is 2.33. The maximum absolute atomic E-state index is 13.7. The number of methoxy groups -OCH3 is 1. The lowest BCUT2D eigenvalue weighted by Crippen LogP contribution is -2.23. The first-order valence-electron chi connectivity index (χ1n) is 6.43. The molecule has 0 aromatic heterocycles. The highest BCUT2D eigenvalue weighted by Crippen LogP contribution is 2.37. The summed E-state index contributed by atoms with van der Waals surface area (Å²) in [5.74, 6) is -3.70. The van der Waals surface area contributed by atoms with E-state index in [0.717, 1.165) is 13.2 Å². The summed E-state index contributed by atoms with van der Waals surface area (Å²) in [7, 11) is 1.14. The van der Waals surface area contributed by atoms with Gasteiger partial charge in [-0.15, -0.1) is 13.2 Å². The minimum Gasteiger partial charge on any atom is -0.493 e. The molecule has 0 aliphatic rings. The Morgan fingerprint density at radius 1 is 1.19 bits per heavy atom. The van der Waals surface area contributed by atoms with Gasteiger partial charge in [0, 0.05) is 11.5 Å². The lowest BCUT2D eigenvalue weighted by Gasteiger charge is -2.25. The molecule has 0 N–H and O–H groups in total. The predicted octanol–water partition coefficient (Wildman–Crippen LogP) is 4.64. The fraction of sp³-hybridized carbons (Fsp3) is 0.571. The van der Waals surface area contributed by atoms with E-state index in [1.807, 2.05) is 0 Å². The van der Waals surface area contributed by atoms with Crippen LogP contribution >= 0.6 is 0 Å². The van der Waals surface area contributed by atoms with E-state index in [2.05, 4.69) is 4.74 Å². The molecule has 0 spiro atoms. The van der Waals surface area contributed by atoms with Crippen molar-refractivity contribution in [1.82, 2.24) is 0 Å². The molecule has 0 amide bonds. The molecule has 21 heavy (non-hydrogen) atoms. The summed E-state index contributed by atoms with van der Waals surface area (Å²) in [6.07, 6.45) is -4.23. The molecular formula is C14H17F5O2.